The monoisotopic (exact) mass is 329 g/mol. The van der Waals surface area contributed by atoms with Crippen LogP contribution in [0.3, 0.4) is 0 Å². The summed E-state index contributed by atoms with van der Waals surface area (Å²) in [5.41, 5.74) is -0.698. The van der Waals surface area contributed by atoms with Crippen LogP contribution in [0.1, 0.15) is 25.3 Å². The Morgan fingerprint density at radius 3 is 2.71 bits per heavy atom. The number of hydrogen-bond acceptors (Lipinski definition) is 4. The molecule has 21 heavy (non-hydrogen) atoms. The average molecular weight is 330 g/mol. The zero-order valence-electron chi connectivity index (χ0n) is 11.6. The Labute approximate surface area is 133 Å². The molecule has 2 N–H and O–H groups in total. The van der Waals surface area contributed by atoms with E-state index < -0.39 is 11.7 Å². The van der Waals surface area contributed by atoms with Gasteiger partial charge < -0.3 is 10.2 Å². The van der Waals surface area contributed by atoms with E-state index >= 15 is 0 Å². The van der Waals surface area contributed by atoms with Crippen molar-refractivity contribution in [3.63, 3.8) is 0 Å². The van der Waals surface area contributed by atoms with Gasteiger partial charge >= 0.3 is 0 Å². The molecule has 0 aliphatic heterocycles. The van der Waals surface area contributed by atoms with Crippen molar-refractivity contribution >= 4 is 23.2 Å². The van der Waals surface area contributed by atoms with Crippen LogP contribution >= 0.6 is 23.2 Å². The lowest BCUT2D eigenvalue weighted by atomic mass is 9.88. The molecule has 2 unspecified atom stereocenters. The van der Waals surface area contributed by atoms with E-state index in [0.717, 1.165) is 0 Å². The van der Waals surface area contributed by atoms with Crippen molar-refractivity contribution in [2.75, 3.05) is 0 Å². The normalized spacial score (nSPS) is 15.7. The summed E-state index contributed by atoms with van der Waals surface area (Å²) in [7, 11) is 0. The maximum absolute atomic E-state index is 11.0. The SMILES string of the molecule is CC(O)CCC(O)(Cn1cncn1)c1ccc(Cl)cc1Cl. The summed E-state index contributed by atoms with van der Waals surface area (Å²) >= 11 is 12.1. The van der Waals surface area contributed by atoms with Gasteiger partial charge in [-0.3, -0.25) is 0 Å². The Morgan fingerprint density at radius 2 is 2.14 bits per heavy atom. The van der Waals surface area contributed by atoms with Crippen molar-refractivity contribution in [1.29, 1.82) is 0 Å². The fourth-order valence-corrected chi connectivity index (χ4v) is 2.78. The first kappa shape index (κ1) is 16.2. The summed E-state index contributed by atoms with van der Waals surface area (Å²) in [5, 5.41) is 25.5. The molecule has 114 valence electrons. The minimum absolute atomic E-state index is 0.196. The maximum Gasteiger partial charge on any atom is 0.137 e. The maximum atomic E-state index is 11.0. The Morgan fingerprint density at radius 1 is 1.38 bits per heavy atom. The van der Waals surface area contributed by atoms with Crippen LogP contribution in [0, 0.1) is 0 Å². The molecule has 1 heterocycles. The predicted molar refractivity (Wildman–Crippen MR) is 81.3 cm³/mol. The Kier molecular flexibility index (Phi) is 5.22. The molecular weight excluding hydrogens is 313 g/mol. The van der Waals surface area contributed by atoms with Crippen LogP contribution in [0.4, 0.5) is 0 Å². The first-order valence-electron chi connectivity index (χ1n) is 6.59. The van der Waals surface area contributed by atoms with Gasteiger partial charge in [0, 0.05) is 15.6 Å². The molecule has 0 radical (unpaired) electrons. The molecule has 1 aromatic heterocycles. The van der Waals surface area contributed by atoms with E-state index in [1.807, 2.05) is 0 Å². The Balaban J connectivity index is 2.34. The molecule has 0 fully saturated rings. The van der Waals surface area contributed by atoms with Gasteiger partial charge in [0.05, 0.1) is 12.6 Å². The third-order valence-corrected chi connectivity index (χ3v) is 3.85. The summed E-state index contributed by atoms with van der Waals surface area (Å²) in [6, 6.07) is 4.97. The first-order chi connectivity index (χ1) is 9.90. The highest BCUT2D eigenvalue weighted by molar-refractivity contribution is 6.35. The fourth-order valence-electron chi connectivity index (χ4n) is 2.20. The second-order valence-corrected chi connectivity index (χ2v) is 5.98. The fraction of sp³-hybridized carbons (Fsp3) is 0.429. The van der Waals surface area contributed by atoms with E-state index in [1.54, 1.807) is 25.1 Å². The number of aromatic nitrogens is 3. The minimum atomic E-state index is -1.26. The van der Waals surface area contributed by atoms with Gasteiger partial charge in [0.15, 0.2) is 0 Å². The molecule has 0 amide bonds. The first-order valence-corrected chi connectivity index (χ1v) is 7.35. The quantitative estimate of drug-likeness (QED) is 0.854. The number of rotatable bonds is 6. The lowest BCUT2D eigenvalue weighted by Gasteiger charge is -2.30. The summed E-state index contributed by atoms with van der Waals surface area (Å²) in [4.78, 5) is 3.87. The Bertz CT molecular complexity index is 590. The molecule has 1 aromatic carbocycles. The van der Waals surface area contributed by atoms with Crippen LogP contribution in [-0.4, -0.2) is 31.1 Å². The average Bonchev–Trinajstić information content (AvgIpc) is 2.89. The molecule has 7 heteroatoms. The molecule has 2 aromatic rings. The van der Waals surface area contributed by atoms with E-state index in [0.29, 0.717) is 28.5 Å². The van der Waals surface area contributed by atoms with Gasteiger partial charge in [0.2, 0.25) is 0 Å². The molecule has 0 saturated heterocycles. The topological polar surface area (TPSA) is 71.2 Å². The lowest BCUT2D eigenvalue weighted by Crippen LogP contribution is -2.33. The van der Waals surface area contributed by atoms with Crippen molar-refractivity contribution in [3.05, 3.63) is 46.5 Å². The van der Waals surface area contributed by atoms with Gasteiger partial charge in [-0.25, -0.2) is 9.67 Å². The van der Waals surface area contributed by atoms with Crippen molar-refractivity contribution < 1.29 is 10.2 Å². The minimum Gasteiger partial charge on any atom is -0.393 e. The van der Waals surface area contributed by atoms with Gasteiger partial charge in [0.1, 0.15) is 18.3 Å². The van der Waals surface area contributed by atoms with Crippen LogP contribution in [0.15, 0.2) is 30.9 Å². The molecule has 0 bridgehead atoms. The molecule has 2 atom stereocenters. The second kappa shape index (κ2) is 6.75. The summed E-state index contributed by atoms with van der Waals surface area (Å²) in [5.74, 6) is 0. The van der Waals surface area contributed by atoms with Crippen LogP contribution in [0.2, 0.25) is 10.0 Å². The van der Waals surface area contributed by atoms with E-state index in [-0.39, 0.29) is 6.54 Å². The van der Waals surface area contributed by atoms with Crippen molar-refractivity contribution in [2.45, 2.75) is 38.0 Å². The van der Waals surface area contributed by atoms with Gasteiger partial charge in [-0.1, -0.05) is 29.3 Å². The van der Waals surface area contributed by atoms with Gasteiger partial charge in [0.25, 0.3) is 0 Å². The van der Waals surface area contributed by atoms with Crippen molar-refractivity contribution in [1.82, 2.24) is 14.8 Å². The second-order valence-electron chi connectivity index (χ2n) is 5.14. The highest BCUT2D eigenvalue weighted by atomic mass is 35.5. The number of halogens is 2. The molecule has 2 rings (SSSR count). The number of hydrogen-bond donors (Lipinski definition) is 2. The van der Waals surface area contributed by atoms with E-state index in [9.17, 15) is 10.2 Å². The molecular formula is C14H17Cl2N3O2. The highest BCUT2D eigenvalue weighted by Crippen LogP contribution is 2.35. The van der Waals surface area contributed by atoms with Gasteiger partial charge in [-0.05, 0) is 31.9 Å². The van der Waals surface area contributed by atoms with E-state index in [4.69, 9.17) is 23.2 Å². The van der Waals surface area contributed by atoms with Crippen molar-refractivity contribution in [3.8, 4) is 0 Å². The molecule has 0 spiro atoms. The van der Waals surface area contributed by atoms with Crippen LogP contribution in [0.25, 0.3) is 0 Å². The third-order valence-electron chi connectivity index (χ3n) is 3.30. The number of benzene rings is 1. The Hall–Kier alpha value is -1.14. The van der Waals surface area contributed by atoms with E-state index in [2.05, 4.69) is 10.1 Å². The van der Waals surface area contributed by atoms with Crippen LogP contribution in [-0.2, 0) is 12.1 Å². The third kappa shape index (κ3) is 4.17. The van der Waals surface area contributed by atoms with Crippen LogP contribution in [0.5, 0.6) is 0 Å². The number of aliphatic hydroxyl groups excluding tert-OH is 1. The highest BCUT2D eigenvalue weighted by Gasteiger charge is 2.32. The summed E-state index contributed by atoms with van der Waals surface area (Å²) in [6.45, 7) is 1.88. The number of nitrogens with zero attached hydrogens (tertiary/aromatic N) is 3. The smallest absolute Gasteiger partial charge is 0.137 e. The van der Waals surface area contributed by atoms with Gasteiger partial charge in [-0.15, -0.1) is 0 Å². The molecule has 0 saturated carbocycles. The zero-order valence-corrected chi connectivity index (χ0v) is 13.1. The molecule has 0 aliphatic rings. The molecule has 0 aliphatic carbocycles. The zero-order chi connectivity index (χ0) is 15.5. The largest absolute Gasteiger partial charge is 0.393 e. The summed E-state index contributed by atoms with van der Waals surface area (Å²) < 4.78 is 1.53. The van der Waals surface area contributed by atoms with E-state index in [1.165, 1.54) is 17.3 Å². The van der Waals surface area contributed by atoms with Crippen LogP contribution < -0.4 is 0 Å². The van der Waals surface area contributed by atoms with Crippen molar-refractivity contribution in [2.24, 2.45) is 0 Å². The lowest BCUT2D eigenvalue weighted by molar-refractivity contribution is -0.00557. The van der Waals surface area contributed by atoms with Gasteiger partial charge in [-0.2, -0.15) is 5.10 Å². The summed E-state index contributed by atoms with van der Waals surface area (Å²) in [6.07, 6.45) is 3.18. The standard InChI is InChI=1S/C14H17Cl2N3O2/c1-10(20)4-5-14(21,7-19-9-17-8-18-19)12-3-2-11(15)6-13(12)16/h2-3,6,8-10,20-21H,4-5,7H2,1H3. The number of aliphatic hydroxyl groups is 2. The predicted octanol–water partition coefficient (Wildman–Crippen LogP) is 2.63. The molecule has 5 nitrogen and oxygen atoms in total.